The first-order chi connectivity index (χ1) is 12.4. The van der Waals surface area contributed by atoms with Gasteiger partial charge in [-0.2, -0.15) is 0 Å². The fraction of sp³-hybridized carbons (Fsp3) is 0.294. The topological polar surface area (TPSA) is 57.4 Å². The molecule has 0 spiro atoms. The first-order valence-corrected chi connectivity index (χ1v) is 8.08. The molecule has 0 unspecified atom stereocenters. The van der Waals surface area contributed by atoms with E-state index in [0.29, 0.717) is 11.3 Å². The molecule has 0 aliphatic carbocycles. The lowest BCUT2D eigenvalue weighted by molar-refractivity contribution is -0.127. The quantitative estimate of drug-likeness (QED) is 0.435. The van der Waals surface area contributed by atoms with Crippen molar-refractivity contribution in [1.29, 1.82) is 0 Å². The third-order valence-electron chi connectivity index (χ3n) is 3.77. The van der Waals surface area contributed by atoms with Gasteiger partial charge in [0, 0.05) is 24.3 Å². The van der Waals surface area contributed by atoms with Crippen molar-refractivity contribution < 1.29 is 18.0 Å². The summed E-state index contributed by atoms with van der Waals surface area (Å²) in [6.07, 6.45) is -1.84. The lowest BCUT2D eigenvalue weighted by Crippen LogP contribution is -2.25. The fourth-order valence-electron chi connectivity index (χ4n) is 2.44. The van der Waals surface area contributed by atoms with Gasteiger partial charge in [0.25, 0.3) is 6.43 Å². The predicted molar refractivity (Wildman–Crippen MR) is 95.9 cm³/mol. The molecular weight excluding hydrogens is 369 g/mol. The zero-order valence-electron chi connectivity index (χ0n) is 13.9. The van der Waals surface area contributed by atoms with E-state index >= 15 is 0 Å². The minimum atomic E-state index is -2.93. The molecule has 2 rings (SSSR count). The van der Waals surface area contributed by atoms with Crippen LogP contribution in [0.25, 0.3) is 0 Å². The number of rotatable bonds is 5. The van der Waals surface area contributed by atoms with Gasteiger partial charge in [-0.1, -0.05) is 18.2 Å². The Morgan fingerprint density at radius 3 is 2.73 bits per heavy atom. The van der Waals surface area contributed by atoms with Gasteiger partial charge in [0.15, 0.2) is 5.82 Å². The van der Waals surface area contributed by atoms with Crippen molar-refractivity contribution in [2.45, 2.75) is 13.3 Å². The molecule has 0 aromatic heterocycles. The predicted octanol–water partition coefficient (Wildman–Crippen LogP) is 3.59. The SMILES string of the molecule is C=NC(/N=C/c1cccc(C(F)F)c1F)=C1/CN(C(C)=O)C/C1=N/CCl. The first-order valence-electron chi connectivity index (χ1n) is 7.54. The molecule has 26 heavy (non-hydrogen) atoms. The smallest absolute Gasteiger partial charge is 0.266 e. The van der Waals surface area contributed by atoms with Crippen LogP contribution >= 0.6 is 11.6 Å². The Morgan fingerprint density at radius 1 is 1.42 bits per heavy atom. The number of alkyl halides is 3. The highest BCUT2D eigenvalue weighted by Gasteiger charge is 2.27. The number of benzene rings is 1. The van der Waals surface area contributed by atoms with Crippen molar-refractivity contribution in [1.82, 2.24) is 4.90 Å². The summed E-state index contributed by atoms with van der Waals surface area (Å²) in [7, 11) is 0. The average Bonchev–Trinajstić information content (AvgIpc) is 3.01. The molecule has 1 aliphatic rings. The third kappa shape index (κ3) is 4.37. The van der Waals surface area contributed by atoms with E-state index in [1.54, 1.807) is 0 Å². The highest BCUT2D eigenvalue weighted by Crippen LogP contribution is 2.24. The highest BCUT2D eigenvalue weighted by molar-refractivity contribution is 6.19. The molecule has 1 aliphatic heterocycles. The summed E-state index contributed by atoms with van der Waals surface area (Å²) in [5.74, 6) is -1.09. The molecule has 0 atom stereocenters. The Morgan fingerprint density at radius 2 is 2.15 bits per heavy atom. The zero-order chi connectivity index (χ0) is 19.3. The van der Waals surface area contributed by atoms with Gasteiger partial charge < -0.3 is 4.90 Å². The lowest BCUT2D eigenvalue weighted by Gasteiger charge is -2.10. The van der Waals surface area contributed by atoms with E-state index in [1.807, 2.05) is 0 Å². The van der Waals surface area contributed by atoms with Gasteiger partial charge in [0.2, 0.25) is 5.91 Å². The molecule has 1 amide bonds. The Balaban J connectivity index is 2.42. The Hall–Kier alpha value is -2.48. The van der Waals surface area contributed by atoms with E-state index in [-0.39, 0.29) is 36.4 Å². The van der Waals surface area contributed by atoms with Crippen LogP contribution < -0.4 is 0 Å². The van der Waals surface area contributed by atoms with E-state index in [0.717, 1.165) is 12.3 Å². The second-order valence-corrected chi connectivity index (χ2v) is 5.61. The molecule has 1 fully saturated rings. The zero-order valence-corrected chi connectivity index (χ0v) is 14.7. The second-order valence-electron chi connectivity index (χ2n) is 5.37. The molecule has 138 valence electrons. The van der Waals surface area contributed by atoms with Gasteiger partial charge in [-0.15, -0.1) is 11.6 Å². The molecule has 0 saturated carbocycles. The molecular formula is C17H16ClF3N4O. The maximum atomic E-state index is 14.1. The number of hydrogen-bond acceptors (Lipinski definition) is 4. The maximum Gasteiger partial charge on any atom is 0.266 e. The number of carbonyl (C=O) groups is 1. The lowest BCUT2D eigenvalue weighted by atomic mass is 10.1. The van der Waals surface area contributed by atoms with E-state index < -0.39 is 17.8 Å². The van der Waals surface area contributed by atoms with Crippen LogP contribution in [-0.2, 0) is 4.79 Å². The van der Waals surface area contributed by atoms with E-state index in [4.69, 9.17) is 11.6 Å². The summed E-state index contributed by atoms with van der Waals surface area (Å²) in [5.41, 5.74) is 0.235. The van der Waals surface area contributed by atoms with Crippen LogP contribution in [0.5, 0.6) is 0 Å². The van der Waals surface area contributed by atoms with Crippen molar-refractivity contribution in [3.05, 3.63) is 46.5 Å². The number of hydrogen-bond donors (Lipinski definition) is 0. The fourth-order valence-corrected chi connectivity index (χ4v) is 2.58. The monoisotopic (exact) mass is 384 g/mol. The first kappa shape index (κ1) is 19.8. The van der Waals surface area contributed by atoms with Gasteiger partial charge in [-0.3, -0.25) is 9.79 Å². The van der Waals surface area contributed by atoms with Crippen molar-refractivity contribution in [3.8, 4) is 0 Å². The second kappa shape index (κ2) is 8.75. The number of carbonyl (C=O) groups excluding carboxylic acids is 1. The van der Waals surface area contributed by atoms with Crippen molar-refractivity contribution in [2.24, 2.45) is 15.0 Å². The van der Waals surface area contributed by atoms with Crippen LogP contribution in [0.3, 0.4) is 0 Å². The minimum Gasteiger partial charge on any atom is -0.332 e. The van der Waals surface area contributed by atoms with Crippen LogP contribution in [0.2, 0.25) is 0 Å². The molecule has 0 bridgehead atoms. The molecule has 5 nitrogen and oxygen atoms in total. The highest BCUT2D eigenvalue weighted by atomic mass is 35.5. The largest absolute Gasteiger partial charge is 0.332 e. The van der Waals surface area contributed by atoms with Crippen LogP contribution in [0, 0.1) is 5.82 Å². The Bertz CT molecular complexity index is 805. The Kier molecular flexibility index (Phi) is 6.68. The van der Waals surface area contributed by atoms with Crippen LogP contribution in [0.15, 0.2) is 44.6 Å². The summed E-state index contributed by atoms with van der Waals surface area (Å²) in [6, 6.07) is 3.63. The van der Waals surface area contributed by atoms with Crippen LogP contribution in [-0.4, -0.2) is 48.5 Å². The van der Waals surface area contributed by atoms with E-state index in [2.05, 4.69) is 21.7 Å². The number of likely N-dealkylation sites (tertiary alicyclic amines) is 1. The summed E-state index contributed by atoms with van der Waals surface area (Å²) >= 11 is 5.64. The molecule has 0 N–H and O–H groups in total. The van der Waals surface area contributed by atoms with Crippen LogP contribution in [0.1, 0.15) is 24.5 Å². The number of nitrogens with zero attached hydrogens (tertiary/aromatic N) is 4. The summed E-state index contributed by atoms with van der Waals surface area (Å²) in [4.78, 5) is 25.1. The Labute approximate surface area is 153 Å². The van der Waals surface area contributed by atoms with Crippen molar-refractivity contribution >= 4 is 36.2 Å². The molecule has 1 aromatic rings. The maximum absolute atomic E-state index is 14.1. The van der Waals surface area contributed by atoms with Crippen molar-refractivity contribution in [2.75, 3.05) is 19.1 Å². The van der Waals surface area contributed by atoms with Crippen molar-refractivity contribution in [3.63, 3.8) is 0 Å². The van der Waals surface area contributed by atoms with E-state index in [9.17, 15) is 18.0 Å². The van der Waals surface area contributed by atoms with Gasteiger partial charge in [-0.25, -0.2) is 23.2 Å². The summed E-state index contributed by atoms with van der Waals surface area (Å²) < 4.78 is 39.7. The van der Waals surface area contributed by atoms with E-state index in [1.165, 1.54) is 24.0 Å². The van der Waals surface area contributed by atoms with Gasteiger partial charge in [-0.05, 0) is 6.72 Å². The molecule has 9 heteroatoms. The normalized spacial score (nSPS) is 18.2. The number of halogens is 4. The average molecular weight is 385 g/mol. The minimum absolute atomic E-state index is 0.0101. The molecule has 0 radical (unpaired) electrons. The van der Waals surface area contributed by atoms with Gasteiger partial charge in [0.1, 0.15) is 11.8 Å². The molecule has 1 aromatic carbocycles. The van der Waals surface area contributed by atoms with Crippen LogP contribution in [0.4, 0.5) is 13.2 Å². The summed E-state index contributed by atoms with van der Waals surface area (Å²) in [6.45, 7) is 5.29. The van der Waals surface area contributed by atoms with Gasteiger partial charge >= 0.3 is 0 Å². The molecule has 1 heterocycles. The molecule has 1 saturated heterocycles. The third-order valence-corrected chi connectivity index (χ3v) is 3.89. The standard InChI is InChI=1S/C17H16ClF3N4O/c1-10(26)25-7-13(14(8-25)24-9-18)17(22-2)23-6-11-4-3-5-12(15(11)19)16(20)21/h3-6,16H,2,7-9H2,1H3/b17-13+,23-6+,24-14-. The number of aliphatic imine (C=N–C) groups is 3. The number of amides is 1. The summed E-state index contributed by atoms with van der Waals surface area (Å²) in [5, 5.41) is 0. The van der Waals surface area contributed by atoms with Gasteiger partial charge in [0.05, 0.1) is 24.4 Å².